The van der Waals surface area contributed by atoms with Crippen molar-refractivity contribution in [1.29, 1.82) is 0 Å². The molecule has 4 nitrogen and oxygen atoms in total. The van der Waals surface area contributed by atoms with Crippen LogP contribution in [0.15, 0.2) is 59.5 Å². The van der Waals surface area contributed by atoms with Crippen molar-refractivity contribution in [3.05, 3.63) is 60.2 Å². The summed E-state index contributed by atoms with van der Waals surface area (Å²) >= 11 is 0. The Morgan fingerprint density at radius 1 is 0.889 bits per heavy atom. The maximum atomic E-state index is 10.4. The third-order valence-corrected chi connectivity index (χ3v) is 2.98. The molecule has 0 fully saturated rings. The second kappa shape index (κ2) is 6.18. The van der Waals surface area contributed by atoms with Gasteiger partial charge in [0.25, 0.3) is 10.1 Å². The number of aromatic hydroxyl groups is 1. The molecule has 0 aliphatic heterocycles. The van der Waals surface area contributed by atoms with Gasteiger partial charge < -0.3 is 5.11 Å². The van der Waals surface area contributed by atoms with E-state index in [-0.39, 0.29) is 0 Å². The minimum atomic E-state index is -4.28. The first-order valence-corrected chi connectivity index (χ1v) is 6.62. The van der Waals surface area contributed by atoms with Gasteiger partial charge in [-0.05, 0) is 19.1 Å². The van der Waals surface area contributed by atoms with Gasteiger partial charge in [-0.25, -0.2) is 0 Å². The van der Waals surface area contributed by atoms with Crippen molar-refractivity contribution in [2.75, 3.05) is 0 Å². The normalized spacial score (nSPS) is 10.3. The van der Waals surface area contributed by atoms with Gasteiger partial charge in [0.2, 0.25) is 0 Å². The third kappa shape index (κ3) is 4.57. The van der Waals surface area contributed by atoms with Crippen LogP contribution in [-0.4, -0.2) is 18.1 Å². The molecule has 0 saturated carbocycles. The summed E-state index contributed by atoms with van der Waals surface area (Å²) in [5.74, 6) is -0.449. The number of aryl methyl sites for hydroxylation is 1. The summed E-state index contributed by atoms with van der Waals surface area (Å²) in [6.45, 7) is 2.08. The number of hydrogen-bond donors (Lipinski definition) is 2. The fraction of sp³-hybridized carbons (Fsp3) is 0.0769. The minimum Gasteiger partial charge on any atom is -0.506 e. The minimum absolute atomic E-state index is 0.449. The van der Waals surface area contributed by atoms with Crippen molar-refractivity contribution in [1.82, 2.24) is 0 Å². The standard InChI is InChI=1S/C7H8.C6H6O4S/c1-7-5-3-2-4-6-7;7-5-3-1-2-4-6(5)11(8,9)10/h2-6H,1H3;1-4,7H,(H,8,9,10). The highest BCUT2D eigenvalue weighted by atomic mass is 32.2. The van der Waals surface area contributed by atoms with Crippen LogP contribution in [0.25, 0.3) is 0 Å². The molecule has 0 aliphatic rings. The van der Waals surface area contributed by atoms with E-state index in [0.717, 1.165) is 6.07 Å². The molecule has 2 N–H and O–H groups in total. The molecule has 0 aromatic heterocycles. The van der Waals surface area contributed by atoms with Gasteiger partial charge in [0, 0.05) is 0 Å². The Balaban J connectivity index is 0.000000199. The van der Waals surface area contributed by atoms with Crippen LogP contribution in [0, 0.1) is 6.92 Å². The van der Waals surface area contributed by atoms with Gasteiger partial charge in [-0.2, -0.15) is 8.42 Å². The number of para-hydroxylation sites is 1. The summed E-state index contributed by atoms with van der Waals surface area (Å²) in [6, 6.07) is 15.4. The lowest BCUT2D eigenvalue weighted by Gasteiger charge is -1.97. The van der Waals surface area contributed by atoms with Gasteiger partial charge in [0.05, 0.1) is 0 Å². The van der Waals surface area contributed by atoms with Crippen LogP contribution in [0.5, 0.6) is 5.75 Å². The third-order valence-electron chi connectivity index (χ3n) is 2.08. The number of benzene rings is 2. The van der Waals surface area contributed by atoms with E-state index in [0.29, 0.717) is 0 Å². The summed E-state index contributed by atoms with van der Waals surface area (Å²) in [4.78, 5) is -0.472. The Morgan fingerprint density at radius 3 is 1.72 bits per heavy atom. The fourth-order valence-electron chi connectivity index (χ4n) is 1.21. The summed E-state index contributed by atoms with van der Waals surface area (Å²) in [7, 11) is -4.28. The van der Waals surface area contributed by atoms with Crippen LogP contribution in [0.2, 0.25) is 0 Å². The molecule has 18 heavy (non-hydrogen) atoms. The summed E-state index contributed by atoms with van der Waals surface area (Å²) in [5.41, 5.74) is 1.32. The average Bonchev–Trinajstić information content (AvgIpc) is 2.30. The maximum Gasteiger partial charge on any atom is 0.298 e. The second-order valence-electron chi connectivity index (χ2n) is 3.60. The molecule has 96 valence electrons. The quantitative estimate of drug-likeness (QED) is 0.778. The Hall–Kier alpha value is -1.85. The first-order valence-electron chi connectivity index (χ1n) is 5.18. The number of rotatable bonds is 1. The Labute approximate surface area is 106 Å². The molecule has 2 aromatic rings. The molecule has 0 saturated heterocycles. The lowest BCUT2D eigenvalue weighted by molar-refractivity contribution is 0.443. The van der Waals surface area contributed by atoms with Gasteiger partial charge in [-0.15, -0.1) is 0 Å². The zero-order valence-corrected chi connectivity index (χ0v) is 10.6. The zero-order chi connectivity index (χ0) is 13.6. The second-order valence-corrected chi connectivity index (χ2v) is 4.99. The average molecular weight is 266 g/mol. The molecular weight excluding hydrogens is 252 g/mol. The van der Waals surface area contributed by atoms with E-state index in [1.807, 2.05) is 18.2 Å². The highest BCUT2D eigenvalue weighted by Gasteiger charge is 2.12. The zero-order valence-electron chi connectivity index (χ0n) is 9.82. The molecule has 0 unspecified atom stereocenters. The maximum absolute atomic E-state index is 10.4. The van der Waals surface area contributed by atoms with Crippen LogP contribution in [0.4, 0.5) is 0 Å². The number of phenolic OH excluding ortho intramolecular Hbond substituents is 1. The Morgan fingerprint density at radius 2 is 1.39 bits per heavy atom. The first kappa shape index (κ1) is 14.2. The van der Waals surface area contributed by atoms with Crippen LogP contribution < -0.4 is 0 Å². The van der Waals surface area contributed by atoms with Crippen LogP contribution in [0.1, 0.15) is 5.56 Å². The first-order chi connectivity index (χ1) is 8.41. The predicted molar refractivity (Wildman–Crippen MR) is 69.1 cm³/mol. The largest absolute Gasteiger partial charge is 0.506 e. The predicted octanol–water partition coefficient (Wildman–Crippen LogP) is 2.63. The molecule has 5 heteroatoms. The molecule has 2 aromatic carbocycles. The number of phenols is 1. The van der Waals surface area contributed by atoms with Crippen LogP contribution >= 0.6 is 0 Å². The van der Waals surface area contributed by atoms with E-state index in [1.165, 1.54) is 23.8 Å². The van der Waals surface area contributed by atoms with E-state index in [9.17, 15) is 8.42 Å². The molecule has 2 rings (SSSR count). The topological polar surface area (TPSA) is 74.6 Å². The van der Waals surface area contributed by atoms with E-state index in [4.69, 9.17) is 9.66 Å². The fourth-order valence-corrected chi connectivity index (χ4v) is 1.79. The van der Waals surface area contributed by atoms with Crippen LogP contribution in [0.3, 0.4) is 0 Å². The van der Waals surface area contributed by atoms with Gasteiger partial charge in [0.1, 0.15) is 10.6 Å². The van der Waals surface area contributed by atoms with Crippen molar-refractivity contribution in [3.8, 4) is 5.75 Å². The molecular formula is C13H14O4S. The van der Waals surface area contributed by atoms with E-state index in [2.05, 4.69) is 19.1 Å². The summed E-state index contributed by atoms with van der Waals surface area (Å²) in [6.07, 6.45) is 0. The summed E-state index contributed by atoms with van der Waals surface area (Å²) < 4.78 is 29.4. The highest BCUT2D eigenvalue weighted by molar-refractivity contribution is 7.86. The van der Waals surface area contributed by atoms with Crippen molar-refractivity contribution >= 4 is 10.1 Å². The molecule has 0 radical (unpaired) electrons. The van der Waals surface area contributed by atoms with Crippen molar-refractivity contribution in [2.45, 2.75) is 11.8 Å². The monoisotopic (exact) mass is 266 g/mol. The molecule has 0 amide bonds. The van der Waals surface area contributed by atoms with Crippen molar-refractivity contribution in [3.63, 3.8) is 0 Å². The molecule has 0 atom stereocenters. The lowest BCUT2D eigenvalue weighted by Crippen LogP contribution is -1.97. The Kier molecular flexibility index (Phi) is 4.88. The van der Waals surface area contributed by atoms with Gasteiger partial charge in [0.15, 0.2) is 0 Å². The van der Waals surface area contributed by atoms with E-state index < -0.39 is 20.8 Å². The molecule has 0 aliphatic carbocycles. The smallest absolute Gasteiger partial charge is 0.298 e. The van der Waals surface area contributed by atoms with Crippen LogP contribution in [-0.2, 0) is 10.1 Å². The van der Waals surface area contributed by atoms with Gasteiger partial charge >= 0.3 is 0 Å². The summed E-state index contributed by atoms with van der Waals surface area (Å²) in [5, 5.41) is 8.91. The SMILES string of the molecule is Cc1ccccc1.O=S(=O)(O)c1ccccc1O. The van der Waals surface area contributed by atoms with Crippen molar-refractivity contribution in [2.24, 2.45) is 0 Å². The van der Waals surface area contributed by atoms with E-state index in [1.54, 1.807) is 0 Å². The van der Waals surface area contributed by atoms with Crippen molar-refractivity contribution < 1.29 is 18.1 Å². The van der Waals surface area contributed by atoms with Gasteiger partial charge in [-0.1, -0.05) is 48.0 Å². The molecule has 0 bridgehead atoms. The molecule has 0 heterocycles. The number of hydrogen-bond acceptors (Lipinski definition) is 3. The molecule has 0 spiro atoms. The highest BCUT2D eigenvalue weighted by Crippen LogP contribution is 2.20. The Bertz CT molecular complexity index is 591. The van der Waals surface area contributed by atoms with E-state index >= 15 is 0 Å². The van der Waals surface area contributed by atoms with Gasteiger partial charge in [-0.3, -0.25) is 4.55 Å². The lowest BCUT2D eigenvalue weighted by atomic mass is 10.2.